The van der Waals surface area contributed by atoms with E-state index < -0.39 is 22.3 Å². The molecule has 0 aromatic heterocycles. The Morgan fingerprint density at radius 3 is 2.84 bits per heavy atom. The number of carbonyl (C=O) groups is 1. The maximum atomic E-state index is 13.1. The summed E-state index contributed by atoms with van der Waals surface area (Å²) in [5, 5.41) is 13.3. The van der Waals surface area contributed by atoms with Gasteiger partial charge in [0.15, 0.2) is 0 Å². The zero-order chi connectivity index (χ0) is 14.4. The molecule has 1 amide bonds. The van der Waals surface area contributed by atoms with Crippen LogP contribution in [0.1, 0.15) is 23.7 Å². The molecule has 0 aliphatic heterocycles. The molecule has 19 heavy (non-hydrogen) atoms. The van der Waals surface area contributed by atoms with Gasteiger partial charge in [-0.25, -0.2) is 0 Å². The van der Waals surface area contributed by atoms with Gasteiger partial charge in [-0.3, -0.25) is 14.9 Å². The minimum absolute atomic E-state index is 0.0379. The molecule has 0 spiro atoms. The van der Waals surface area contributed by atoms with Crippen LogP contribution in [0, 0.1) is 15.9 Å². The standard InChI is InChI=1S/C12H15FN2O3S/c1-8(5-6-19-2)14-12(16)9-3-4-10(13)11(7-9)15(17)18/h3-4,7-8H,5-6H2,1-2H3,(H,14,16). The molecule has 1 aromatic rings. The lowest BCUT2D eigenvalue weighted by molar-refractivity contribution is -0.387. The second kappa shape index (κ2) is 7.08. The highest BCUT2D eigenvalue weighted by atomic mass is 32.2. The molecule has 0 saturated heterocycles. The molecule has 0 saturated carbocycles. The third kappa shape index (κ3) is 4.51. The van der Waals surface area contributed by atoms with Crippen molar-refractivity contribution in [1.29, 1.82) is 0 Å². The quantitative estimate of drug-likeness (QED) is 0.644. The molecule has 0 heterocycles. The molecule has 0 aliphatic carbocycles. The summed E-state index contributed by atoms with van der Waals surface area (Å²) in [5.74, 6) is -0.473. The first-order valence-corrected chi connectivity index (χ1v) is 7.08. The van der Waals surface area contributed by atoms with Crippen molar-refractivity contribution in [3.8, 4) is 0 Å². The third-order valence-corrected chi connectivity index (χ3v) is 3.18. The van der Waals surface area contributed by atoms with Crippen LogP contribution < -0.4 is 5.32 Å². The van der Waals surface area contributed by atoms with E-state index in [1.165, 1.54) is 6.07 Å². The van der Waals surface area contributed by atoms with Crippen molar-refractivity contribution < 1.29 is 14.1 Å². The first-order chi connectivity index (χ1) is 8.95. The Morgan fingerprint density at radius 2 is 2.26 bits per heavy atom. The summed E-state index contributed by atoms with van der Waals surface area (Å²) in [6.45, 7) is 1.85. The number of nitrogens with one attached hydrogen (secondary N) is 1. The highest BCUT2D eigenvalue weighted by Gasteiger charge is 2.18. The molecule has 0 radical (unpaired) electrons. The molecule has 0 aliphatic rings. The van der Waals surface area contributed by atoms with Crippen molar-refractivity contribution in [2.75, 3.05) is 12.0 Å². The van der Waals surface area contributed by atoms with E-state index in [-0.39, 0.29) is 11.6 Å². The average molecular weight is 286 g/mol. The normalized spacial score (nSPS) is 11.9. The van der Waals surface area contributed by atoms with E-state index in [0.29, 0.717) is 0 Å². The summed E-state index contributed by atoms with van der Waals surface area (Å²) >= 11 is 1.67. The zero-order valence-electron chi connectivity index (χ0n) is 10.7. The summed E-state index contributed by atoms with van der Waals surface area (Å²) in [4.78, 5) is 21.6. The number of rotatable bonds is 6. The molecule has 1 aromatic carbocycles. The summed E-state index contributed by atoms with van der Waals surface area (Å²) in [7, 11) is 0. The first kappa shape index (κ1) is 15.4. The fourth-order valence-corrected chi connectivity index (χ4v) is 2.06. The van der Waals surface area contributed by atoms with Crippen LogP contribution in [0.3, 0.4) is 0 Å². The van der Waals surface area contributed by atoms with Gasteiger partial charge in [0.25, 0.3) is 5.91 Å². The predicted molar refractivity (Wildman–Crippen MR) is 73.0 cm³/mol. The first-order valence-electron chi connectivity index (χ1n) is 5.69. The Balaban J connectivity index is 2.77. The molecule has 1 rings (SSSR count). The van der Waals surface area contributed by atoms with Gasteiger partial charge in [0.1, 0.15) is 0 Å². The summed E-state index contributed by atoms with van der Waals surface area (Å²) in [5.41, 5.74) is -0.603. The third-order valence-electron chi connectivity index (χ3n) is 2.54. The van der Waals surface area contributed by atoms with Gasteiger partial charge < -0.3 is 5.32 Å². The van der Waals surface area contributed by atoms with Gasteiger partial charge in [0.2, 0.25) is 5.82 Å². The molecular weight excluding hydrogens is 271 g/mol. The summed E-state index contributed by atoms with van der Waals surface area (Å²) in [6.07, 6.45) is 2.77. The van der Waals surface area contributed by atoms with Crippen LogP contribution in [-0.4, -0.2) is 28.9 Å². The Hall–Kier alpha value is -1.63. The zero-order valence-corrected chi connectivity index (χ0v) is 11.5. The highest BCUT2D eigenvalue weighted by Crippen LogP contribution is 2.18. The van der Waals surface area contributed by atoms with Gasteiger partial charge in [-0.2, -0.15) is 16.2 Å². The monoisotopic (exact) mass is 286 g/mol. The van der Waals surface area contributed by atoms with Gasteiger partial charge >= 0.3 is 5.69 Å². The van der Waals surface area contributed by atoms with Crippen LogP contribution >= 0.6 is 11.8 Å². The number of amides is 1. The smallest absolute Gasteiger partial charge is 0.305 e. The van der Waals surface area contributed by atoms with E-state index >= 15 is 0 Å². The van der Waals surface area contributed by atoms with Crippen LogP contribution in [0.25, 0.3) is 0 Å². The lowest BCUT2D eigenvalue weighted by Gasteiger charge is -2.13. The predicted octanol–water partition coefficient (Wildman–Crippen LogP) is 2.61. The topological polar surface area (TPSA) is 72.2 Å². The molecule has 5 nitrogen and oxygen atoms in total. The van der Waals surface area contributed by atoms with Crippen LogP contribution in [0.15, 0.2) is 18.2 Å². The van der Waals surface area contributed by atoms with Crippen molar-refractivity contribution in [2.24, 2.45) is 0 Å². The maximum Gasteiger partial charge on any atom is 0.305 e. The van der Waals surface area contributed by atoms with Crippen molar-refractivity contribution in [3.05, 3.63) is 39.7 Å². The van der Waals surface area contributed by atoms with Crippen LogP contribution in [-0.2, 0) is 0 Å². The maximum absolute atomic E-state index is 13.1. The molecule has 7 heteroatoms. The molecule has 0 fully saturated rings. The van der Waals surface area contributed by atoms with Crippen LogP contribution in [0.4, 0.5) is 10.1 Å². The minimum atomic E-state index is -0.947. The molecule has 104 valence electrons. The van der Waals surface area contributed by atoms with E-state index in [1.807, 2.05) is 13.2 Å². The fourth-order valence-electron chi connectivity index (χ4n) is 1.47. The molecular formula is C12H15FN2O3S. The van der Waals surface area contributed by atoms with Crippen molar-refractivity contribution in [1.82, 2.24) is 5.32 Å². The van der Waals surface area contributed by atoms with Crippen LogP contribution in [0.5, 0.6) is 0 Å². The van der Waals surface area contributed by atoms with Gasteiger partial charge in [-0.15, -0.1) is 0 Å². The van der Waals surface area contributed by atoms with E-state index in [4.69, 9.17) is 0 Å². The summed E-state index contributed by atoms with van der Waals surface area (Å²) in [6, 6.07) is 3.08. The average Bonchev–Trinajstić information content (AvgIpc) is 2.36. The second-order valence-electron chi connectivity index (χ2n) is 4.08. The van der Waals surface area contributed by atoms with Crippen LogP contribution in [0.2, 0.25) is 0 Å². The van der Waals surface area contributed by atoms with E-state index in [0.717, 1.165) is 24.3 Å². The van der Waals surface area contributed by atoms with Crippen molar-refractivity contribution in [2.45, 2.75) is 19.4 Å². The van der Waals surface area contributed by atoms with Gasteiger partial charge in [0, 0.05) is 17.7 Å². The number of benzene rings is 1. The molecule has 1 N–H and O–H groups in total. The van der Waals surface area contributed by atoms with E-state index in [9.17, 15) is 19.3 Å². The second-order valence-corrected chi connectivity index (χ2v) is 5.06. The summed E-state index contributed by atoms with van der Waals surface area (Å²) < 4.78 is 13.1. The number of halogens is 1. The number of hydrogen-bond acceptors (Lipinski definition) is 4. The van der Waals surface area contributed by atoms with E-state index in [1.54, 1.807) is 11.8 Å². The number of nitrogens with zero attached hydrogens (tertiary/aromatic N) is 1. The Bertz CT molecular complexity index is 482. The molecule has 1 atom stereocenters. The van der Waals surface area contributed by atoms with Gasteiger partial charge in [0.05, 0.1) is 4.92 Å². The number of carbonyl (C=O) groups excluding carboxylic acids is 1. The number of nitro groups is 1. The largest absolute Gasteiger partial charge is 0.350 e. The Morgan fingerprint density at radius 1 is 1.58 bits per heavy atom. The lowest BCUT2D eigenvalue weighted by atomic mass is 10.1. The van der Waals surface area contributed by atoms with Gasteiger partial charge in [-0.1, -0.05) is 0 Å². The SMILES string of the molecule is CSCCC(C)NC(=O)c1ccc(F)c([N+](=O)[O-])c1. The number of nitro benzene ring substituents is 1. The number of hydrogen-bond donors (Lipinski definition) is 1. The van der Waals surface area contributed by atoms with Crippen molar-refractivity contribution >= 4 is 23.4 Å². The highest BCUT2D eigenvalue weighted by molar-refractivity contribution is 7.98. The van der Waals surface area contributed by atoms with Crippen molar-refractivity contribution in [3.63, 3.8) is 0 Å². The Kier molecular flexibility index (Phi) is 5.75. The lowest BCUT2D eigenvalue weighted by Crippen LogP contribution is -2.33. The fraction of sp³-hybridized carbons (Fsp3) is 0.417. The van der Waals surface area contributed by atoms with Gasteiger partial charge in [-0.05, 0) is 37.5 Å². The molecule has 1 unspecified atom stereocenters. The number of thioether (sulfide) groups is 1. The minimum Gasteiger partial charge on any atom is -0.350 e. The van der Waals surface area contributed by atoms with E-state index in [2.05, 4.69) is 5.32 Å². The molecule has 0 bridgehead atoms. The Labute approximate surface area is 114 Å².